The summed E-state index contributed by atoms with van der Waals surface area (Å²) in [4.78, 5) is 11.9. The quantitative estimate of drug-likeness (QED) is 0.419. The molecule has 2 atom stereocenters. The molecule has 1 rings (SSSR count). The van der Waals surface area contributed by atoms with E-state index in [1.165, 1.54) is 38.5 Å². The smallest absolute Gasteiger partial charge is 0.323 e. The van der Waals surface area contributed by atoms with Crippen LogP contribution in [0.1, 0.15) is 65.7 Å². The Kier molecular flexibility index (Phi) is 9.68. The van der Waals surface area contributed by atoms with Crippen LogP contribution in [-0.4, -0.2) is 37.9 Å². The van der Waals surface area contributed by atoms with Crippen LogP contribution in [-0.2, 0) is 14.3 Å². The van der Waals surface area contributed by atoms with E-state index in [0.29, 0.717) is 31.6 Å². The molecule has 1 aliphatic carbocycles. The molecule has 21 heavy (non-hydrogen) atoms. The van der Waals surface area contributed by atoms with Crippen LogP contribution in [0.25, 0.3) is 0 Å². The Labute approximate surface area is 130 Å². The molecule has 0 radical (unpaired) electrons. The average Bonchev–Trinajstić information content (AvgIpc) is 3.29. The zero-order chi connectivity index (χ0) is 15.5. The van der Waals surface area contributed by atoms with Crippen molar-refractivity contribution in [2.75, 3.05) is 19.8 Å². The first-order chi connectivity index (χ1) is 10.2. The summed E-state index contributed by atoms with van der Waals surface area (Å²) in [5.74, 6) is 0.522. The number of rotatable bonds is 13. The highest BCUT2D eigenvalue weighted by Gasteiger charge is 2.28. The second-order valence-corrected chi connectivity index (χ2v) is 6.03. The van der Waals surface area contributed by atoms with Crippen LogP contribution in [0.15, 0.2) is 0 Å². The van der Waals surface area contributed by atoms with Crippen LogP contribution >= 0.6 is 0 Å². The largest absolute Gasteiger partial charge is 0.465 e. The summed E-state index contributed by atoms with van der Waals surface area (Å²) in [5, 5.41) is 3.36. The van der Waals surface area contributed by atoms with E-state index >= 15 is 0 Å². The van der Waals surface area contributed by atoms with Crippen molar-refractivity contribution in [2.24, 2.45) is 5.92 Å². The number of carbonyl (C=O) groups excluding carboxylic acids is 1. The van der Waals surface area contributed by atoms with E-state index < -0.39 is 0 Å². The molecule has 0 aromatic heterocycles. The van der Waals surface area contributed by atoms with Crippen LogP contribution < -0.4 is 5.32 Å². The molecule has 0 aromatic rings. The summed E-state index contributed by atoms with van der Waals surface area (Å²) in [6.45, 7) is 8.18. The first kappa shape index (κ1) is 18.4. The van der Waals surface area contributed by atoms with Crippen molar-refractivity contribution >= 4 is 5.97 Å². The van der Waals surface area contributed by atoms with Gasteiger partial charge in [0.1, 0.15) is 6.04 Å². The van der Waals surface area contributed by atoms with E-state index in [1.807, 2.05) is 6.92 Å². The van der Waals surface area contributed by atoms with Gasteiger partial charge in [0.2, 0.25) is 0 Å². The molecule has 0 spiro atoms. The fourth-order valence-electron chi connectivity index (χ4n) is 2.40. The van der Waals surface area contributed by atoms with Crippen molar-refractivity contribution in [2.45, 2.75) is 77.8 Å². The van der Waals surface area contributed by atoms with E-state index in [4.69, 9.17) is 9.47 Å². The third-order valence-electron chi connectivity index (χ3n) is 4.03. The van der Waals surface area contributed by atoms with E-state index in [2.05, 4.69) is 19.2 Å². The number of carbonyl (C=O) groups is 1. The van der Waals surface area contributed by atoms with Gasteiger partial charge in [0.25, 0.3) is 0 Å². The lowest BCUT2D eigenvalue weighted by atomic mass is 10.0. The lowest BCUT2D eigenvalue weighted by Gasteiger charge is -2.18. The number of esters is 1. The molecule has 1 fully saturated rings. The van der Waals surface area contributed by atoms with Crippen LogP contribution in [0.5, 0.6) is 0 Å². The van der Waals surface area contributed by atoms with E-state index in [-0.39, 0.29) is 12.0 Å². The van der Waals surface area contributed by atoms with E-state index in [1.54, 1.807) is 0 Å². The lowest BCUT2D eigenvalue weighted by Crippen LogP contribution is -2.40. The average molecular weight is 299 g/mol. The fourth-order valence-corrected chi connectivity index (χ4v) is 2.40. The third kappa shape index (κ3) is 8.42. The Morgan fingerprint density at radius 3 is 2.57 bits per heavy atom. The molecular weight excluding hydrogens is 266 g/mol. The molecule has 0 aromatic carbocycles. The molecule has 4 nitrogen and oxygen atoms in total. The first-order valence-corrected chi connectivity index (χ1v) is 8.71. The summed E-state index contributed by atoms with van der Waals surface area (Å²) in [7, 11) is 0. The molecule has 0 saturated heterocycles. The maximum absolute atomic E-state index is 11.9. The highest BCUT2D eigenvalue weighted by Crippen LogP contribution is 2.20. The normalized spacial score (nSPS) is 17.5. The van der Waals surface area contributed by atoms with Crippen LogP contribution in [0, 0.1) is 5.92 Å². The summed E-state index contributed by atoms with van der Waals surface area (Å²) in [6, 6.07) is 0.306. The van der Waals surface area contributed by atoms with Crippen molar-refractivity contribution in [3.05, 3.63) is 0 Å². The topological polar surface area (TPSA) is 47.6 Å². The van der Waals surface area contributed by atoms with Gasteiger partial charge in [-0.3, -0.25) is 4.79 Å². The zero-order valence-electron chi connectivity index (χ0n) is 14.0. The lowest BCUT2D eigenvalue weighted by molar-refractivity contribution is -0.146. The van der Waals surface area contributed by atoms with Gasteiger partial charge in [0.15, 0.2) is 0 Å². The Hall–Kier alpha value is -0.610. The molecular formula is C17H33NO3. The number of unbranched alkanes of at least 4 members (excludes halogenated alkanes) is 1. The van der Waals surface area contributed by atoms with Crippen LogP contribution in [0.3, 0.4) is 0 Å². The minimum atomic E-state index is -0.201. The van der Waals surface area contributed by atoms with Gasteiger partial charge in [-0.05, 0) is 38.5 Å². The van der Waals surface area contributed by atoms with Gasteiger partial charge in [0.05, 0.1) is 6.61 Å². The number of nitrogens with one attached hydrogen (secondary N) is 1. The van der Waals surface area contributed by atoms with Gasteiger partial charge < -0.3 is 14.8 Å². The Balaban J connectivity index is 2.20. The summed E-state index contributed by atoms with van der Waals surface area (Å²) in [5.41, 5.74) is 0. The summed E-state index contributed by atoms with van der Waals surface area (Å²) in [6.07, 6.45) is 7.98. The number of hydrogen-bond donors (Lipinski definition) is 1. The van der Waals surface area contributed by atoms with Crippen molar-refractivity contribution < 1.29 is 14.3 Å². The highest BCUT2D eigenvalue weighted by molar-refractivity contribution is 5.75. The number of hydrogen-bond acceptors (Lipinski definition) is 4. The highest BCUT2D eigenvalue weighted by atomic mass is 16.5. The SMILES string of the molecule is CCCCC(CC)COCCC(NC1CC1)C(=O)OCC. The van der Waals surface area contributed by atoms with E-state index in [0.717, 1.165) is 6.61 Å². The molecule has 1 aliphatic rings. The molecule has 0 amide bonds. The minimum Gasteiger partial charge on any atom is -0.465 e. The third-order valence-corrected chi connectivity index (χ3v) is 4.03. The molecule has 124 valence electrons. The first-order valence-electron chi connectivity index (χ1n) is 8.71. The van der Waals surface area contributed by atoms with Gasteiger partial charge in [-0.1, -0.05) is 33.1 Å². The van der Waals surface area contributed by atoms with Crippen molar-refractivity contribution in [3.63, 3.8) is 0 Å². The summed E-state index contributed by atoms with van der Waals surface area (Å²) < 4.78 is 10.9. The number of ether oxygens (including phenoxy) is 2. The van der Waals surface area contributed by atoms with Gasteiger partial charge >= 0.3 is 5.97 Å². The van der Waals surface area contributed by atoms with E-state index in [9.17, 15) is 4.79 Å². The standard InChI is InChI=1S/C17H33NO3/c1-4-7-8-14(5-2)13-20-12-11-16(17(19)21-6-3)18-15-9-10-15/h14-16,18H,4-13H2,1-3H3. The predicted octanol–water partition coefficient (Wildman–Crippen LogP) is 3.29. The molecule has 1 saturated carbocycles. The maximum atomic E-state index is 11.9. The second-order valence-electron chi connectivity index (χ2n) is 6.03. The Bertz CT molecular complexity index is 279. The van der Waals surface area contributed by atoms with Crippen molar-refractivity contribution in [1.29, 1.82) is 0 Å². The van der Waals surface area contributed by atoms with Gasteiger partial charge in [-0.25, -0.2) is 0 Å². The Morgan fingerprint density at radius 2 is 2.00 bits per heavy atom. The van der Waals surface area contributed by atoms with Crippen molar-refractivity contribution in [3.8, 4) is 0 Å². The molecule has 0 aliphatic heterocycles. The zero-order valence-corrected chi connectivity index (χ0v) is 14.0. The molecule has 0 heterocycles. The van der Waals surface area contributed by atoms with Crippen molar-refractivity contribution in [1.82, 2.24) is 5.32 Å². The molecule has 4 heteroatoms. The predicted molar refractivity (Wildman–Crippen MR) is 85.3 cm³/mol. The van der Waals surface area contributed by atoms with Crippen LogP contribution in [0.2, 0.25) is 0 Å². The second kappa shape index (κ2) is 11.0. The maximum Gasteiger partial charge on any atom is 0.323 e. The summed E-state index contributed by atoms with van der Waals surface area (Å²) >= 11 is 0. The monoisotopic (exact) mass is 299 g/mol. The Morgan fingerprint density at radius 1 is 1.24 bits per heavy atom. The van der Waals surface area contributed by atoms with Gasteiger partial charge in [0, 0.05) is 19.3 Å². The van der Waals surface area contributed by atoms with Crippen LogP contribution in [0.4, 0.5) is 0 Å². The molecule has 0 bridgehead atoms. The minimum absolute atomic E-state index is 0.133. The van der Waals surface area contributed by atoms with Gasteiger partial charge in [-0.15, -0.1) is 0 Å². The molecule has 2 unspecified atom stereocenters. The molecule has 1 N–H and O–H groups in total. The fraction of sp³-hybridized carbons (Fsp3) is 0.941. The van der Waals surface area contributed by atoms with Gasteiger partial charge in [-0.2, -0.15) is 0 Å².